The van der Waals surface area contributed by atoms with Crippen LogP contribution in [0.3, 0.4) is 0 Å². The molecule has 0 spiro atoms. The fourth-order valence-electron chi connectivity index (χ4n) is 1.14. The van der Waals surface area contributed by atoms with Gasteiger partial charge in [0.2, 0.25) is 0 Å². The molecule has 1 unspecified atom stereocenters. The Balaban J connectivity index is 2.03. The third kappa shape index (κ3) is 5.03. The van der Waals surface area contributed by atoms with Crippen LogP contribution in [0.2, 0.25) is 0 Å². The monoisotopic (exact) mass is 211 g/mol. The van der Waals surface area contributed by atoms with E-state index in [-0.39, 0.29) is 19.3 Å². The van der Waals surface area contributed by atoms with Gasteiger partial charge >= 0.3 is 5.97 Å². The maximum atomic E-state index is 10.9. The Morgan fingerprint density at radius 1 is 1.67 bits per heavy atom. The van der Waals surface area contributed by atoms with E-state index in [9.17, 15) is 4.79 Å². The SMILES string of the molecule is N#CCOC(=O)COCC1CCC=CO1. The highest BCUT2D eigenvalue weighted by atomic mass is 16.6. The minimum absolute atomic E-state index is 0.0127. The van der Waals surface area contributed by atoms with E-state index in [1.54, 1.807) is 12.3 Å². The third-order valence-electron chi connectivity index (χ3n) is 1.84. The van der Waals surface area contributed by atoms with E-state index in [1.165, 1.54) is 0 Å². The number of esters is 1. The van der Waals surface area contributed by atoms with Gasteiger partial charge in [-0.25, -0.2) is 4.79 Å². The predicted molar refractivity (Wildman–Crippen MR) is 50.6 cm³/mol. The van der Waals surface area contributed by atoms with Gasteiger partial charge in [0.1, 0.15) is 18.8 Å². The second-order valence-electron chi connectivity index (χ2n) is 3.04. The summed E-state index contributed by atoms with van der Waals surface area (Å²) in [6.07, 6.45) is 5.46. The molecule has 0 radical (unpaired) electrons. The molecule has 5 heteroatoms. The molecule has 82 valence electrons. The van der Waals surface area contributed by atoms with Crippen molar-refractivity contribution in [1.29, 1.82) is 5.26 Å². The van der Waals surface area contributed by atoms with Crippen molar-refractivity contribution in [2.45, 2.75) is 18.9 Å². The van der Waals surface area contributed by atoms with Crippen LogP contribution in [-0.2, 0) is 19.0 Å². The molecule has 1 atom stereocenters. The molecule has 1 heterocycles. The van der Waals surface area contributed by atoms with Crippen molar-refractivity contribution in [2.24, 2.45) is 0 Å². The number of carbonyl (C=O) groups excluding carboxylic acids is 1. The normalized spacial score (nSPS) is 19.0. The molecule has 0 amide bonds. The molecule has 1 aliphatic heterocycles. The van der Waals surface area contributed by atoms with Gasteiger partial charge in [-0.3, -0.25) is 0 Å². The van der Waals surface area contributed by atoms with Crippen LogP contribution in [-0.4, -0.2) is 31.9 Å². The highest BCUT2D eigenvalue weighted by Gasteiger charge is 2.12. The van der Waals surface area contributed by atoms with Gasteiger partial charge in [-0.2, -0.15) is 5.26 Å². The van der Waals surface area contributed by atoms with Gasteiger partial charge in [-0.15, -0.1) is 0 Å². The molecule has 0 aromatic rings. The maximum absolute atomic E-state index is 10.9. The Bertz CT molecular complexity index is 269. The van der Waals surface area contributed by atoms with E-state index in [0.29, 0.717) is 6.61 Å². The van der Waals surface area contributed by atoms with Gasteiger partial charge in [0.15, 0.2) is 6.61 Å². The highest BCUT2D eigenvalue weighted by Crippen LogP contribution is 2.10. The van der Waals surface area contributed by atoms with Crippen LogP contribution in [0.4, 0.5) is 0 Å². The molecule has 1 rings (SSSR count). The molecular formula is C10H13NO4. The molecule has 0 fully saturated rings. The first kappa shape index (κ1) is 11.5. The van der Waals surface area contributed by atoms with E-state index in [2.05, 4.69) is 4.74 Å². The summed E-state index contributed by atoms with van der Waals surface area (Å²) in [5, 5.41) is 8.15. The predicted octanol–water partition coefficient (Wildman–Crippen LogP) is 0.762. The summed E-state index contributed by atoms with van der Waals surface area (Å²) >= 11 is 0. The summed E-state index contributed by atoms with van der Waals surface area (Å²) in [7, 11) is 0. The lowest BCUT2D eigenvalue weighted by molar-refractivity contribution is -0.148. The molecule has 0 aliphatic carbocycles. The van der Waals surface area contributed by atoms with Gasteiger partial charge in [-0.05, 0) is 18.9 Å². The zero-order chi connectivity index (χ0) is 10.9. The van der Waals surface area contributed by atoms with Crippen molar-refractivity contribution in [3.05, 3.63) is 12.3 Å². The van der Waals surface area contributed by atoms with Crippen molar-refractivity contribution in [2.75, 3.05) is 19.8 Å². The number of hydrogen-bond acceptors (Lipinski definition) is 5. The highest BCUT2D eigenvalue weighted by molar-refractivity contribution is 5.70. The molecule has 0 N–H and O–H groups in total. The third-order valence-corrected chi connectivity index (χ3v) is 1.84. The van der Waals surface area contributed by atoms with Gasteiger partial charge in [-0.1, -0.05) is 0 Å². The number of nitrogens with zero attached hydrogens (tertiary/aromatic N) is 1. The van der Waals surface area contributed by atoms with E-state index >= 15 is 0 Å². The fraction of sp³-hybridized carbons (Fsp3) is 0.600. The first-order valence-electron chi connectivity index (χ1n) is 4.73. The van der Waals surface area contributed by atoms with Crippen LogP contribution in [0.1, 0.15) is 12.8 Å². The number of ether oxygens (including phenoxy) is 3. The molecular weight excluding hydrogens is 198 g/mol. The first-order valence-corrected chi connectivity index (χ1v) is 4.73. The van der Waals surface area contributed by atoms with Gasteiger partial charge < -0.3 is 14.2 Å². The zero-order valence-corrected chi connectivity index (χ0v) is 8.35. The molecule has 15 heavy (non-hydrogen) atoms. The second-order valence-corrected chi connectivity index (χ2v) is 3.04. The summed E-state index contributed by atoms with van der Waals surface area (Å²) in [6, 6.07) is 1.71. The summed E-state index contributed by atoms with van der Waals surface area (Å²) in [4.78, 5) is 10.9. The Morgan fingerprint density at radius 2 is 2.53 bits per heavy atom. The Hall–Kier alpha value is -1.54. The van der Waals surface area contributed by atoms with E-state index < -0.39 is 5.97 Å². The molecule has 0 saturated heterocycles. The van der Waals surface area contributed by atoms with Crippen molar-refractivity contribution >= 4 is 5.97 Å². The minimum atomic E-state index is -0.525. The van der Waals surface area contributed by atoms with Crippen LogP contribution in [0.25, 0.3) is 0 Å². The lowest BCUT2D eigenvalue weighted by Gasteiger charge is -2.18. The standard InChI is InChI=1S/C10H13NO4/c11-4-6-15-10(12)8-13-7-9-3-1-2-5-14-9/h2,5,9H,1,3,6-8H2. The average Bonchev–Trinajstić information content (AvgIpc) is 2.28. The summed E-state index contributed by atoms with van der Waals surface area (Å²) in [5.41, 5.74) is 0. The van der Waals surface area contributed by atoms with Gasteiger partial charge in [0.25, 0.3) is 0 Å². The zero-order valence-electron chi connectivity index (χ0n) is 8.35. The minimum Gasteiger partial charge on any atom is -0.496 e. The number of carbonyl (C=O) groups is 1. The average molecular weight is 211 g/mol. The number of rotatable bonds is 5. The van der Waals surface area contributed by atoms with E-state index in [4.69, 9.17) is 14.7 Å². The van der Waals surface area contributed by atoms with Crippen molar-refractivity contribution in [1.82, 2.24) is 0 Å². The largest absolute Gasteiger partial charge is 0.496 e. The van der Waals surface area contributed by atoms with Crippen molar-refractivity contribution in [3.8, 4) is 6.07 Å². The van der Waals surface area contributed by atoms with Crippen LogP contribution in [0, 0.1) is 11.3 Å². The Labute approximate surface area is 88.2 Å². The van der Waals surface area contributed by atoms with Gasteiger partial charge in [0, 0.05) is 0 Å². The Kier molecular flexibility index (Phi) is 5.26. The second kappa shape index (κ2) is 6.85. The van der Waals surface area contributed by atoms with Crippen LogP contribution >= 0.6 is 0 Å². The molecule has 0 aromatic carbocycles. The van der Waals surface area contributed by atoms with Crippen LogP contribution in [0.15, 0.2) is 12.3 Å². The summed E-state index contributed by atoms with van der Waals surface area (Å²) in [6.45, 7) is 0.00209. The number of hydrogen-bond donors (Lipinski definition) is 0. The molecule has 0 saturated carbocycles. The lowest BCUT2D eigenvalue weighted by atomic mass is 10.2. The van der Waals surface area contributed by atoms with Crippen LogP contribution < -0.4 is 0 Å². The molecule has 0 bridgehead atoms. The summed E-state index contributed by atoms with van der Waals surface area (Å²) in [5.74, 6) is -0.525. The number of allylic oxidation sites excluding steroid dienone is 1. The fourth-order valence-corrected chi connectivity index (χ4v) is 1.14. The van der Waals surface area contributed by atoms with Crippen molar-refractivity contribution in [3.63, 3.8) is 0 Å². The topological polar surface area (TPSA) is 68.5 Å². The quantitative estimate of drug-likeness (QED) is 0.628. The molecule has 5 nitrogen and oxygen atoms in total. The maximum Gasteiger partial charge on any atom is 0.333 e. The van der Waals surface area contributed by atoms with E-state index in [0.717, 1.165) is 12.8 Å². The first-order chi connectivity index (χ1) is 7.33. The summed E-state index contributed by atoms with van der Waals surface area (Å²) < 4.78 is 14.8. The van der Waals surface area contributed by atoms with E-state index in [1.807, 2.05) is 6.08 Å². The lowest BCUT2D eigenvalue weighted by Crippen LogP contribution is -2.22. The van der Waals surface area contributed by atoms with Crippen molar-refractivity contribution < 1.29 is 19.0 Å². The van der Waals surface area contributed by atoms with Crippen LogP contribution in [0.5, 0.6) is 0 Å². The Morgan fingerprint density at radius 3 is 3.20 bits per heavy atom. The smallest absolute Gasteiger partial charge is 0.333 e. The van der Waals surface area contributed by atoms with Gasteiger partial charge in [0.05, 0.1) is 12.9 Å². The number of nitriles is 1. The molecule has 0 aromatic heterocycles. The molecule has 1 aliphatic rings.